The van der Waals surface area contributed by atoms with Gasteiger partial charge in [0.15, 0.2) is 0 Å². The van der Waals surface area contributed by atoms with Crippen LogP contribution in [0.1, 0.15) is 26.3 Å². The van der Waals surface area contributed by atoms with E-state index in [1.807, 2.05) is 0 Å². The van der Waals surface area contributed by atoms with Crippen molar-refractivity contribution in [2.24, 2.45) is 0 Å². The summed E-state index contributed by atoms with van der Waals surface area (Å²) in [6.07, 6.45) is 1.13. The molecule has 0 aliphatic carbocycles. The topological polar surface area (TPSA) is 4.93 Å². The minimum atomic E-state index is 0.502. The van der Waals surface area contributed by atoms with Crippen LogP contribution in [0.15, 0.2) is 45.3 Å². The van der Waals surface area contributed by atoms with Crippen molar-refractivity contribution in [1.82, 2.24) is 4.57 Å². The molecule has 19 heavy (non-hydrogen) atoms. The van der Waals surface area contributed by atoms with E-state index in [9.17, 15) is 0 Å². The van der Waals surface area contributed by atoms with Gasteiger partial charge in [-0.05, 0) is 49.7 Å². The summed E-state index contributed by atoms with van der Waals surface area (Å²) in [4.78, 5) is 0. The van der Waals surface area contributed by atoms with E-state index < -0.39 is 0 Å². The number of hydrogen-bond acceptors (Lipinski definition) is 0. The Bertz CT molecular complexity index is 699. The molecule has 1 unspecified atom stereocenters. The van der Waals surface area contributed by atoms with Crippen molar-refractivity contribution in [3.05, 3.63) is 45.3 Å². The third kappa shape index (κ3) is 2.13. The van der Waals surface area contributed by atoms with Crippen LogP contribution < -0.4 is 0 Å². The minimum absolute atomic E-state index is 0.502. The van der Waals surface area contributed by atoms with Crippen LogP contribution in [0.2, 0.25) is 0 Å². The number of aromatic nitrogens is 1. The van der Waals surface area contributed by atoms with Gasteiger partial charge in [0, 0.05) is 36.8 Å². The number of fused-ring (bicyclic) bond motifs is 3. The van der Waals surface area contributed by atoms with Crippen LogP contribution in [-0.2, 0) is 0 Å². The van der Waals surface area contributed by atoms with Gasteiger partial charge in [-0.25, -0.2) is 0 Å². The summed E-state index contributed by atoms with van der Waals surface area (Å²) in [5.41, 5.74) is 2.62. The van der Waals surface area contributed by atoms with Gasteiger partial charge in [0.1, 0.15) is 0 Å². The number of halogens is 2. The minimum Gasteiger partial charge on any atom is -0.338 e. The summed E-state index contributed by atoms with van der Waals surface area (Å²) in [7, 11) is 0. The standard InChI is InChI=1S/C16H15Br2N/c1-3-10(2)19-15-6-4-11(17)8-13(15)14-9-12(18)5-7-16(14)19/h4-10H,3H2,1-2H3. The van der Waals surface area contributed by atoms with Crippen LogP contribution in [0.25, 0.3) is 21.8 Å². The Labute approximate surface area is 129 Å². The van der Waals surface area contributed by atoms with Crippen LogP contribution in [0.5, 0.6) is 0 Å². The quantitative estimate of drug-likeness (QED) is 0.492. The van der Waals surface area contributed by atoms with Gasteiger partial charge in [0.25, 0.3) is 0 Å². The van der Waals surface area contributed by atoms with Crippen molar-refractivity contribution < 1.29 is 0 Å². The van der Waals surface area contributed by atoms with Gasteiger partial charge in [-0.3, -0.25) is 0 Å². The second kappa shape index (κ2) is 4.95. The van der Waals surface area contributed by atoms with Crippen molar-refractivity contribution in [2.75, 3.05) is 0 Å². The van der Waals surface area contributed by atoms with Gasteiger partial charge in [0.2, 0.25) is 0 Å². The smallest absolute Gasteiger partial charge is 0.0494 e. The van der Waals surface area contributed by atoms with Gasteiger partial charge in [-0.15, -0.1) is 0 Å². The molecule has 2 aromatic carbocycles. The monoisotopic (exact) mass is 379 g/mol. The number of rotatable bonds is 2. The molecule has 3 aromatic rings. The SMILES string of the molecule is CCC(C)n1c2ccc(Br)cc2c2cc(Br)ccc21. The Morgan fingerprint density at radius 2 is 1.42 bits per heavy atom. The number of benzene rings is 2. The van der Waals surface area contributed by atoms with Crippen molar-refractivity contribution in [2.45, 2.75) is 26.3 Å². The molecule has 1 atom stereocenters. The second-order valence-electron chi connectivity index (χ2n) is 4.95. The van der Waals surface area contributed by atoms with E-state index >= 15 is 0 Å². The maximum absolute atomic E-state index is 3.58. The number of nitrogens with zero attached hydrogens (tertiary/aromatic N) is 1. The molecule has 0 spiro atoms. The average molecular weight is 381 g/mol. The zero-order chi connectivity index (χ0) is 13.6. The molecule has 0 aliphatic heterocycles. The molecule has 0 saturated heterocycles. The highest BCUT2D eigenvalue weighted by Gasteiger charge is 2.14. The van der Waals surface area contributed by atoms with Crippen LogP contribution >= 0.6 is 31.9 Å². The largest absolute Gasteiger partial charge is 0.338 e. The molecule has 0 bridgehead atoms. The first-order valence-electron chi connectivity index (χ1n) is 6.50. The molecular formula is C16H15Br2N. The van der Waals surface area contributed by atoms with Crippen molar-refractivity contribution in [1.29, 1.82) is 0 Å². The zero-order valence-corrected chi connectivity index (χ0v) is 14.1. The maximum Gasteiger partial charge on any atom is 0.0494 e. The van der Waals surface area contributed by atoms with Gasteiger partial charge in [0.05, 0.1) is 0 Å². The fourth-order valence-corrected chi connectivity index (χ4v) is 3.38. The molecule has 0 N–H and O–H groups in total. The normalized spacial score (nSPS) is 13.3. The molecule has 0 aliphatic rings. The third-order valence-electron chi connectivity index (χ3n) is 3.76. The van der Waals surface area contributed by atoms with E-state index in [0.29, 0.717) is 6.04 Å². The Morgan fingerprint density at radius 1 is 0.947 bits per heavy atom. The first kappa shape index (κ1) is 13.2. The predicted molar refractivity (Wildman–Crippen MR) is 89.8 cm³/mol. The Balaban J connectivity index is 2.50. The van der Waals surface area contributed by atoms with Crippen LogP contribution in [0.3, 0.4) is 0 Å². The highest BCUT2D eigenvalue weighted by molar-refractivity contribution is 9.10. The fourth-order valence-electron chi connectivity index (χ4n) is 2.66. The van der Waals surface area contributed by atoms with Crippen molar-refractivity contribution in [3.63, 3.8) is 0 Å². The van der Waals surface area contributed by atoms with E-state index in [-0.39, 0.29) is 0 Å². The summed E-state index contributed by atoms with van der Waals surface area (Å²) in [5, 5.41) is 2.62. The van der Waals surface area contributed by atoms with Gasteiger partial charge in [-0.1, -0.05) is 38.8 Å². The lowest BCUT2D eigenvalue weighted by molar-refractivity contribution is 0.563. The Kier molecular flexibility index (Phi) is 3.44. The summed E-state index contributed by atoms with van der Waals surface area (Å²) >= 11 is 7.16. The molecule has 1 aromatic heterocycles. The maximum atomic E-state index is 3.58. The molecule has 0 saturated carbocycles. The van der Waals surface area contributed by atoms with Crippen molar-refractivity contribution >= 4 is 53.7 Å². The highest BCUT2D eigenvalue weighted by Crippen LogP contribution is 2.35. The molecular weight excluding hydrogens is 366 g/mol. The molecule has 98 valence electrons. The van der Waals surface area contributed by atoms with Crippen LogP contribution in [0.4, 0.5) is 0 Å². The lowest BCUT2D eigenvalue weighted by Gasteiger charge is -2.14. The lowest BCUT2D eigenvalue weighted by atomic mass is 10.2. The van der Waals surface area contributed by atoms with Gasteiger partial charge >= 0.3 is 0 Å². The lowest BCUT2D eigenvalue weighted by Crippen LogP contribution is -2.02. The average Bonchev–Trinajstić information content (AvgIpc) is 2.71. The number of hydrogen-bond donors (Lipinski definition) is 0. The summed E-state index contributed by atoms with van der Waals surface area (Å²) < 4.78 is 4.70. The molecule has 0 fully saturated rings. The Morgan fingerprint density at radius 3 is 1.84 bits per heavy atom. The van der Waals surface area contributed by atoms with E-state index in [1.54, 1.807) is 0 Å². The summed E-state index contributed by atoms with van der Waals surface area (Å²) in [5.74, 6) is 0. The zero-order valence-electron chi connectivity index (χ0n) is 11.0. The van der Waals surface area contributed by atoms with Gasteiger partial charge < -0.3 is 4.57 Å². The Hall–Kier alpha value is -0.800. The highest BCUT2D eigenvalue weighted by atomic mass is 79.9. The van der Waals surface area contributed by atoms with Crippen LogP contribution in [-0.4, -0.2) is 4.57 Å². The van der Waals surface area contributed by atoms with E-state index in [2.05, 4.69) is 86.7 Å². The summed E-state index contributed by atoms with van der Waals surface area (Å²) in [6, 6.07) is 13.6. The molecule has 1 nitrogen and oxygen atoms in total. The molecule has 1 heterocycles. The van der Waals surface area contributed by atoms with Gasteiger partial charge in [-0.2, -0.15) is 0 Å². The molecule has 3 heteroatoms. The first-order chi connectivity index (χ1) is 9.11. The third-order valence-corrected chi connectivity index (χ3v) is 4.74. The predicted octanol–water partition coefficient (Wildman–Crippen LogP) is 6.29. The van der Waals surface area contributed by atoms with E-state index in [1.165, 1.54) is 21.8 Å². The molecule has 0 radical (unpaired) electrons. The van der Waals surface area contributed by atoms with E-state index in [0.717, 1.165) is 15.4 Å². The molecule has 3 rings (SSSR count). The fraction of sp³-hybridized carbons (Fsp3) is 0.250. The molecule has 0 amide bonds. The van der Waals surface area contributed by atoms with Crippen molar-refractivity contribution in [3.8, 4) is 0 Å². The van der Waals surface area contributed by atoms with Crippen LogP contribution in [0, 0.1) is 0 Å². The van der Waals surface area contributed by atoms with E-state index in [4.69, 9.17) is 0 Å². The summed E-state index contributed by atoms with van der Waals surface area (Å²) in [6.45, 7) is 4.52. The first-order valence-corrected chi connectivity index (χ1v) is 8.09. The second-order valence-corrected chi connectivity index (χ2v) is 6.78.